The van der Waals surface area contributed by atoms with Gasteiger partial charge < -0.3 is 19.6 Å². The lowest BCUT2D eigenvalue weighted by Gasteiger charge is -2.19. The van der Waals surface area contributed by atoms with Crippen molar-refractivity contribution in [3.05, 3.63) is 58.8 Å². The lowest BCUT2D eigenvalue weighted by molar-refractivity contribution is 0.168. The Morgan fingerprint density at radius 3 is 2.96 bits per heavy atom. The molecule has 0 aliphatic carbocycles. The number of fused-ring (bicyclic) bond motifs is 1. The van der Waals surface area contributed by atoms with Crippen LogP contribution in [0.5, 0.6) is 0 Å². The van der Waals surface area contributed by atoms with Crippen LogP contribution in [0.3, 0.4) is 0 Å². The number of aryl methyl sites for hydroxylation is 1. The minimum absolute atomic E-state index is 0.192. The third-order valence-electron chi connectivity index (χ3n) is 3.84. The SMILES string of the molecule is COCC(NC(=O)Nc1cc(=O)n(C)cn1)c1ccc2[nH]ccc2c1. The molecule has 25 heavy (non-hydrogen) atoms. The fourth-order valence-electron chi connectivity index (χ4n) is 2.52. The van der Waals surface area contributed by atoms with Gasteiger partial charge in [-0.15, -0.1) is 0 Å². The fraction of sp³-hybridized carbons (Fsp3) is 0.235. The summed E-state index contributed by atoms with van der Waals surface area (Å²) < 4.78 is 6.54. The van der Waals surface area contributed by atoms with Gasteiger partial charge in [0.15, 0.2) is 0 Å². The molecule has 1 aromatic carbocycles. The van der Waals surface area contributed by atoms with E-state index in [0.29, 0.717) is 6.61 Å². The number of ether oxygens (including phenoxy) is 1. The van der Waals surface area contributed by atoms with Crippen molar-refractivity contribution in [2.75, 3.05) is 19.0 Å². The van der Waals surface area contributed by atoms with E-state index in [1.54, 1.807) is 14.2 Å². The smallest absolute Gasteiger partial charge is 0.320 e. The Morgan fingerprint density at radius 1 is 1.36 bits per heavy atom. The molecule has 8 heteroatoms. The molecule has 0 saturated heterocycles. The molecule has 1 atom stereocenters. The first kappa shape index (κ1) is 16.7. The number of urea groups is 1. The highest BCUT2D eigenvalue weighted by molar-refractivity contribution is 5.88. The van der Waals surface area contributed by atoms with Crippen LogP contribution in [-0.2, 0) is 11.8 Å². The summed E-state index contributed by atoms with van der Waals surface area (Å²) in [6, 6.07) is 8.30. The number of rotatable bonds is 5. The minimum Gasteiger partial charge on any atom is -0.382 e. The van der Waals surface area contributed by atoms with E-state index in [4.69, 9.17) is 4.74 Å². The van der Waals surface area contributed by atoms with Gasteiger partial charge in [-0.1, -0.05) is 6.07 Å². The van der Waals surface area contributed by atoms with Crippen molar-refractivity contribution in [3.8, 4) is 0 Å². The maximum Gasteiger partial charge on any atom is 0.320 e. The average Bonchev–Trinajstić information content (AvgIpc) is 3.05. The monoisotopic (exact) mass is 341 g/mol. The van der Waals surface area contributed by atoms with E-state index in [1.165, 1.54) is 17.0 Å². The van der Waals surface area contributed by atoms with E-state index in [1.807, 2.05) is 30.5 Å². The van der Waals surface area contributed by atoms with Gasteiger partial charge in [-0.2, -0.15) is 0 Å². The molecule has 0 aliphatic rings. The molecule has 0 radical (unpaired) electrons. The topological polar surface area (TPSA) is 101 Å². The number of hydrogen-bond acceptors (Lipinski definition) is 4. The molecule has 0 aliphatic heterocycles. The van der Waals surface area contributed by atoms with Gasteiger partial charge in [0, 0.05) is 31.9 Å². The van der Waals surface area contributed by atoms with Gasteiger partial charge in [-0.3, -0.25) is 10.1 Å². The zero-order valence-electron chi connectivity index (χ0n) is 13.9. The summed E-state index contributed by atoms with van der Waals surface area (Å²) in [5.74, 6) is 0.192. The van der Waals surface area contributed by atoms with Crippen LogP contribution in [0.15, 0.2) is 47.7 Å². The molecule has 0 fully saturated rings. The Kier molecular flexibility index (Phi) is 4.80. The van der Waals surface area contributed by atoms with Gasteiger partial charge in [-0.25, -0.2) is 9.78 Å². The molecule has 3 rings (SSSR count). The highest BCUT2D eigenvalue weighted by atomic mass is 16.5. The van der Waals surface area contributed by atoms with E-state index in [9.17, 15) is 9.59 Å². The highest BCUT2D eigenvalue weighted by Gasteiger charge is 2.16. The van der Waals surface area contributed by atoms with Crippen LogP contribution in [0, 0.1) is 0 Å². The third kappa shape index (κ3) is 3.86. The van der Waals surface area contributed by atoms with Crippen molar-refractivity contribution in [1.29, 1.82) is 0 Å². The average molecular weight is 341 g/mol. The second kappa shape index (κ2) is 7.18. The molecule has 2 aromatic heterocycles. The largest absolute Gasteiger partial charge is 0.382 e. The third-order valence-corrected chi connectivity index (χ3v) is 3.84. The summed E-state index contributed by atoms with van der Waals surface area (Å²) in [7, 11) is 3.16. The van der Waals surface area contributed by atoms with Crippen molar-refractivity contribution >= 4 is 22.8 Å². The van der Waals surface area contributed by atoms with Crippen molar-refractivity contribution in [2.24, 2.45) is 7.05 Å². The van der Waals surface area contributed by atoms with Crippen molar-refractivity contribution < 1.29 is 9.53 Å². The molecule has 2 heterocycles. The first-order valence-corrected chi connectivity index (χ1v) is 7.73. The van der Waals surface area contributed by atoms with Gasteiger partial charge in [0.25, 0.3) is 5.56 Å². The number of carbonyl (C=O) groups is 1. The molecule has 3 aromatic rings. The lowest BCUT2D eigenvalue weighted by atomic mass is 10.1. The number of methoxy groups -OCH3 is 1. The number of carbonyl (C=O) groups excluding carboxylic acids is 1. The van der Waals surface area contributed by atoms with Gasteiger partial charge in [0.05, 0.1) is 19.0 Å². The number of aromatic amines is 1. The summed E-state index contributed by atoms with van der Waals surface area (Å²) >= 11 is 0. The summed E-state index contributed by atoms with van der Waals surface area (Å²) in [4.78, 5) is 31.0. The molecule has 0 bridgehead atoms. The summed E-state index contributed by atoms with van der Waals surface area (Å²) in [5.41, 5.74) is 1.69. The molecule has 3 N–H and O–H groups in total. The molecule has 0 saturated carbocycles. The predicted molar refractivity (Wildman–Crippen MR) is 94.5 cm³/mol. The normalized spacial score (nSPS) is 12.1. The van der Waals surface area contributed by atoms with Crippen LogP contribution in [0.4, 0.5) is 10.6 Å². The Morgan fingerprint density at radius 2 is 2.20 bits per heavy atom. The Labute approximate surface area is 143 Å². The molecule has 0 spiro atoms. The van der Waals surface area contributed by atoms with Crippen LogP contribution in [0.1, 0.15) is 11.6 Å². The summed E-state index contributed by atoms with van der Waals surface area (Å²) in [6.45, 7) is 0.313. The Balaban J connectivity index is 1.75. The zero-order valence-corrected chi connectivity index (χ0v) is 13.9. The van der Waals surface area contributed by atoms with E-state index < -0.39 is 6.03 Å². The predicted octanol–water partition coefficient (Wildman–Crippen LogP) is 1.77. The van der Waals surface area contributed by atoms with Crippen LogP contribution in [0.2, 0.25) is 0 Å². The number of amides is 2. The molecular weight excluding hydrogens is 322 g/mol. The second-order valence-corrected chi connectivity index (χ2v) is 5.65. The summed E-state index contributed by atoms with van der Waals surface area (Å²) in [5, 5.41) is 6.45. The van der Waals surface area contributed by atoms with E-state index in [0.717, 1.165) is 16.5 Å². The van der Waals surface area contributed by atoms with E-state index in [-0.39, 0.29) is 17.4 Å². The van der Waals surface area contributed by atoms with Crippen LogP contribution in [0.25, 0.3) is 10.9 Å². The van der Waals surface area contributed by atoms with E-state index >= 15 is 0 Å². The van der Waals surface area contributed by atoms with Gasteiger partial charge in [0.1, 0.15) is 5.82 Å². The van der Waals surface area contributed by atoms with Crippen molar-refractivity contribution in [2.45, 2.75) is 6.04 Å². The Bertz CT molecular complexity index is 947. The second-order valence-electron chi connectivity index (χ2n) is 5.65. The maximum atomic E-state index is 12.2. The van der Waals surface area contributed by atoms with Crippen molar-refractivity contribution in [1.82, 2.24) is 19.9 Å². The molecule has 130 valence electrons. The Hall–Kier alpha value is -3.13. The van der Waals surface area contributed by atoms with Gasteiger partial charge >= 0.3 is 6.03 Å². The number of nitrogens with one attached hydrogen (secondary N) is 3. The number of H-pyrrole nitrogens is 1. The number of anilines is 1. The fourth-order valence-corrected chi connectivity index (χ4v) is 2.52. The number of nitrogens with zero attached hydrogens (tertiary/aromatic N) is 2. The zero-order chi connectivity index (χ0) is 17.8. The number of benzene rings is 1. The number of hydrogen-bond donors (Lipinski definition) is 3. The number of aromatic nitrogens is 3. The molecular formula is C17H19N5O3. The van der Waals surface area contributed by atoms with Crippen LogP contribution in [-0.4, -0.2) is 34.3 Å². The first-order chi connectivity index (χ1) is 12.1. The maximum absolute atomic E-state index is 12.2. The van der Waals surface area contributed by atoms with Crippen LogP contribution >= 0.6 is 0 Å². The highest BCUT2D eigenvalue weighted by Crippen LogP contribution is 2.20. The lowest BCUT2D eigenvalue weighted by Crippen LogP contribution is -2.35. The molecule has 1 unspecified atom stereocenters. The van der Waals surface area contributed by atoms with Gasteiger partial charge in [-0.05, 0) is 29.1 Å². The van der Waals surface area contributed by atoms with Crippen molar-refractivity contribution in [3.63, 3.8) is 0 Å². The van der Waals surface area contributed by atoms with E-state index in [2.05, 4.69) is 20.6 Å². The molecule has 8 nitrogen and oxygen atoms in total. The standard InChI is InChI=1S/C17H19N5O3/c1-22-10-19-15(8-16(22)23)21-17(24)20-14(9-25-2)11-3-4-13-12(7-11)5-6-18-13/h3-8,10,14,18H,9H2,1-2H3,(H2,20,21,24). The minimum atomic E-state index is -0.461. The molecule has 2 amide bonds. The quantitative estimate of drug-likeness (QED) is 0.658. The van der Waals surface area contributed by atoms with Gasteiger partial charge in [0.2, 0.25) is 0 Å². The van der Waals surface area contributed by atoms with Crippen LogP contribution < -0.4 is 16.2 Å². The first-order valence-electron chi connectivity index (χ1n) is 7.73. The summed E-state index contributed by atoms with van der Waals surface area (Å²) in [6.07, 6.45) is 3.21.